The van der Waals surface area contributed by atoms with Gasteiger partial charge in [-0.1, -0.05) is 12.1 Å². The van der Waals surface area contributed by atoms with Crippen molar-refractivity contribution in [3.05, 3.63) is 54.0 Å². The number of aromatic nitrogens is 5. The van der Waals surface area contributed by atoms with Gasteiger partial charge in [0.25, 0.3) is 0 Å². The van der Waals surface area contributed by atoms with Gasteiger partial charge in [-0.15, -0.1) is 0 Å². The van der Waals surface area contributed by atoms with Crippen LogP contribution < -0.4 is 10.1 Å². The van der Waals surface area contributed by atoms with Crippen LogP contribution in [0.3, 0.4) is 0 Å². The second-order valence-electron chi connectivity index (χ2n) is 6.80. The van der Waals surface area contributed by atoms with Gasteiger partial charge in [-0.3, -0.25) is 14.2 Å². The van der Waals surface area contributed by atoms with Crippen molar-refractivity contribution < 1.29 is 9.53 Å². The first-order chi connectivity index (χ1) is 14.0. The number of carbonyl (C=O) groups is 1. The number of anilines is 1. The van der Waals surface area contributed by atoms with Crippen LogP contribution in [0.4, 0.5) is 5.82 Å². The highest BCUT2D eigenvalue weighted by Gasteiger charge is 2.19. The molecule has 0 aliphatic rings. The lowest BCUT2D eigenvalue weighted by atomic mass is 10.1. The number of benzene rings is 1. The molecule has 4 rings (SSSR count). The van der Waals surface area contributed by atoms with Gasteiger partial charge in [0.1, 0.15) is 6.54 Å². The zero-order valence-electron chi connectivity index (χ0n) is 16.8. The molecule has 0 spiro atoms. The molecule has 0 radical (unpaired) electrons. The molecule has 0 saturated carbocycles. The molecule has 0 aliphatic heterocycles. The summed E-state index contributed by atoms with van der Waals surface area (Å²) in [5.74, 6) is 0.885. The van der Waals surface area contributed by atoms with Gasteiger partial charge in [0, 0.05) is 35.5 Å². The predicted octanol–water partition coefficient (Wildman–Crippen LogP) is 3.10. The van der Waals surface area contributed by atoms with Crippen LogP contribution in [0.1, 0.15) is 11.4 Å². The Labute approximate surface area is 168 Å². The molecule has 148 valence electrons. The minimum absolute atomic E-state index is 0.0835. The van der Waals surface area contributed by atoms with E-state index in [1.165, 1.54) is 0 Å². The Balaban J connectivity index is 1.61. The summed E-state index contributed by atoms with van der Waals surface area (Å²) in [4.78, 5) is 17.0. The number of amides is 1. The molecule has 3 aromatic heterocycles. The van der Waals surface area contributed by atoms with Crippen LogP contribution in [-0.4, -0.2) is 37.6 Å². The third-order valence-electron chi connectivity index (χ3n) is 4.92. The molecule has 0 unspecified atom stereocenters. The Kier molecular flexibility index (Phi) is 4.75. The van der Waals surface area contributed by atoms with Crippen molar-refractivity contribution in [1.29, 1.82) is 0 Å². The minimum atomic E-state index is -0.191. The first kappa shape index (κ1) is 18.7. The molecule has 1 N–H and O–H groups in total. The number of aryl methyl sites for hydroxylation is 2. The highest BCUT2D eigenvalue weighted by molar-refractivity contribution is 5.99. The average Bonchev–Trinajstić information content (AvgIpc) is 3.17. The molecule has 1 amide bonds. The zero-order valence-corrected chi connectivity index (χ0v) is 16.8. The van der Waals surface area contributed by atoms with Crippen LogP contribution in [0, 0.1) is 13.8 Å². The lowest BCUT2D eigenvalue weighted by Gasteiger charge is -2.08. The number of methoxy groups -OCH3 is 1. The predicted molar refractivity (Wildman–Crippen MR) is 111 cm³/mol. The summed E-state index contributed by atoms with van der Waals surface area (Å²) in [6.45, 7) is 3.93. The van der Waals surface area contributed by atoms with Crippen molar-refractivity contribution in [1.82, 2.24) is 24.5 Å². The van der Waals surface area contributed by atoms with Gasteiger partial charge >= 0.3 is 0 Å². The first-order valence-corrected chi connectivity index (χ1v) is 9.24. The highest BCUT2D eigenvalue weighted by Crippen LogP contribution is 2.32. The van der Waals surface area contributed by atoms with Gasteiger partial charge in [0.15, 0.2) is 5.82 Å². The topological polar surface area (TPSA) is 86.9 Å². The molecule has 1 aromatic carbocycles. The van der Waals surface area contributed by atoms with Crippen LogP contribution in [0.2, 0.25) is 0 Å². The van der Waals surface area contributed by atoms with Crippen molar-refractivity contribution in [2.24, 2.45) is 7.05 Å². The summed E-state index contributed by atoms with van der Waals surface area (Å²) in [5.41, 5.74) is 4.41. The minimum Gasteiger partial charge on any atom is -0.481 e. The largest absolute Gasteiger partial charge is 0.481 e. The third kappa shape index (κ3) is 3.33. The molecule has 8 nitrogen and oxygen atoms in total. The SMILES string of the molecule is COc1ncccc1-c1c(C)nn(CC(=O)Nc2nn(C)c3ccccc23)c1C. The van der Waals surface area contributed by atoms with Gasteiger partial charge in [-0.25, -0.2) is 4.98 Å². The van der Waals surface area contributed by atoms with Crippen molar-refractivity contribution in [3.63, 3.8) is 0 Å². The summed E-state index contributed by atoms with van der Waals surface area (Å²) >= 11 is 0. The second kappa shape index (κ2) is 7.38. The summed E-state index contributed by atoms with van der Waals surface area (Å²) in [7, 11) is 3.44. The molecule has 0 fully saturated rings. The molecule has 4 aromatic rings. The van der Waals surface area contributed by atoms with Crippen LogP contribution >= 0.6 is 0 Å². The number of carbonyl (C=O) groups excluding carboxylic acids is 1. The van der Waals surface area contributed by atoms with Crippen molar-refractivity contribution >= 4 is 22.6 Å². The summed E-state index contributed by atoms with van der Waals surface area (Å²) in [6.07, 6.45) is 1.68. The molecule has 0 saturated heterocycles. The number of hydrogen-bond acceptors (Lipinski definition) is 5. The number of para-hydroxylation sites is 1. The fourth-order valence-corrected chi connectivity index (χ4v) is 3.60. The summed E-state index contributed by atoms with van der Waals surface area (Å²) < 4.78 is 8.83. The molecule has 29 heavy (non-hydrogen) atoms. The Morgan fingerprint density at radius 3 is 2.72 bits per heavy atom. The van der Waals surface area contributed by atoms with Crippen molar-refractivity contribution in [2.75, 3.05) is 12.4 Å². The fraction of sp³-hybridized carbons (Fsp3) is 0.238. The van der Waals surface area contributed by atoms with E-state index < -0.39 is 0 Å². The second-order valence-corrected chi connectivity index (χ2v) is 6.80. The van der Waals surface area contributed by atoms with E-state index >= 15 is 0 Å². The van der Waals surface area contributed by atoms with E-state index in [9.17, 15) is 4.79 Å². The van der Waals surface area contributed by atoms with Crippen molar-refractivity contribution in [2.45, 2.75) is 20.4 Å². The van der Waals surface area contributed by atoms with E-state index in [1.807, 2.05) is 57.3 Å². The smallest absolute Gasteiger partial charge is 0.247 e. The van der Waals surface area contributed by atoms with E-state index in [4.69, 9.17) is 4.74 Å². The summed E-state index contributed by atoms with van der Waals surface area (Å²) in [6, 6.07) is 11.6. The number of nitrogens with zero attached hydrogens (tertiary/aromatic N) is 5. The lowest BCUT2D eigenvalue weighted by Crippen LogP contribution is -2.20. The van der Waals surface area contributed by atoms with Crippen LogP contribution in [0.25, 0.3) is 22.0 Å². The monoisotopic (exact) mass is 390 g/mol. The fourth-order valence-electron chi connectivity index (χ4n) is 3.60. The highest BCUT2D eigenvalue weighted by atomic mass is 16.5. The normalized spacial score (nSPS) is 11.0. The maximum Gasteiger partial charge on any atom is 0.247 e. The summed E-state index contributed by atoms with van der Waals surface area (Å²) in [5, 5.41) is 12.8. The lowest BCUT2D eigenvalue weighted by molar-refractivity contribution is -0.117. The van der Waals surface area contributed by atoms with E-state index in [0.717, 1.165) is 33.4 Å². The number of pyridine rings is 1. The van der Waals surface area contributed by atoms with Gasteiger partial charge < -0.3 is 10.1 Å². The Hall–Kier alpha value is -3.68. The molecule has 0 bridgehead atoms. The van der Waals surface area contributed by atoms with E-state index in [2.05, 4.69) is 20.5 Å². The van der Waals surface area contributed by atoms with Crippen molar-refractivity contribution in [3.8, 4) is 17.0 Å². The quantitative estimate of drug-likeness (QED) is 0.566. The number of hydrogen-bond donors (Lipinski definition) is 1. The molecule has 0 aliphatic carbocycles. The first-order valence-electron chi connectivity index (χ1n) is 9.24. The molecular weight excluding hydrogens is 368 g/mol. The Morgan fingerprint density at radius 1 is 1.14 bits per heavy atom. The van der Waals surface area contributed by atoms with Gasteiger partial charge in [0.05, 0.1) is 18.3 Å². The van der Waals surface area contributed by atoms with Gasteiger partial charge in [0.2, 0.25) is 11.8 Å². The zero-order chi connectivity index (χ0) is 20.5. The van der Waals surface area contributed by atoms with Crippen LogP contribution in [0.15, 0.2) is 42.6 Å². The number of nitrogens with one attached hydrogen (secondary N) is 1. The maximum absolute atomic E-state index is 12.7. The van der Waals surface area contributed by atoms with E-state index in [-0.39, 0.29) is 12.5 Å². The molecule has 3 heterocycles. The molecule has 0 atom stereocenters. The maximum atomic E-state index is 12.7. The van der Waals surface area contributed by atoms with Crippen LogP contribution in [-0.2, 0) is 18.4 Å². The number of rotatable bonds is 5. The third-order valence-corrected chi connectivity index (χ3v) is 4.92. The standard InChI is InChI=1S/C21H22N6O2/c1-13-19(16-9-7-11-22-21(16)29-4)14(2)27(24-13)12-18(28)23-20-15-8-5-6-10-17(15)26(3)25-20/h5-11H,12H2,1-4H3,(H,23,25,28). The average molecular weight is 390 g/mol. The number of fused-ring (bicyclic) bond motifs is 1. The Morgan fingerprint density at radius 2 is 1.93 bits per heavy atom. The van der Waals surface area contributed by atoms with E-state index in [1.54, 1.807) is 22.7 Å². The number of ether oxygens (including phenoxy) is 1. The van der Waals surface area contributed by atoms with E-state index in [0.29, 0.717) is 11.7 Å². The Bertz CT molecular complexity index is 1210. The van der Waals surface area contributed by atoms with Gasteiger partial charge in [-0.05, 0) is 38.1 Å². The molecule has 8 heteroatoms. The van der Waals surface area contributed by atoms with Crippen LogP contribution in [0.5, 0.6) is 5.88 Å². The molecular formula is C21H22N6O2. The van der Waals surface area contributed by atoms with Gasteiger partial charge in [-0.2, -0.15) is 10.2 Å².